The maximum Gasteiger partial charge on any atom is 0.164 e. The number of nitrogens with zero attached hydrogens (tertiary/aromatic N) is 4. The van der Waals surface area contributed by atoms with Gasteiger partial charge in [-0.05, 0) is 48.9 Å². The van der Waals surface area contributed by atoms with Crippen LogP contribution in [0.2, 0.25) is 0 Å². The Bertz CT molecular complexity index is 1500. The highest BCUT2D eigenvalue weighted by Crippen LogP contribution is 2.40. The lowest BCUT2D eigenvalue weighted by atomic mass is 9.89. The van der Waals surface area contributed by atoms with E-state index in [1.54, 1.807) is 0 Å². The van der Waals surface area contributed by atoms with Crippen LogP contribution < -0.4 is 0 Å². The van der Waals surface area contributed by atoms with Crippen molar-refractivity contribution in [2.75, 3.05) is 13.6 Å². The fourth-order valence-corrected chi connectivity index (χ4v) is 5.00. The molecule has 0 atom stereocenters. The van der Waals surface area contributed by atoms with Gasteiger partial charge in [-0.2, -0.15) is 5.10 Å². The summed E-state index contributed by atoms with van der Waals surface area (Å²) in [6.45, 7) is 3.80. The Hall–Kier alpha value is -4.02. The summed E-state index contributed by atoms with van der Waals surface area (Å²) in [6, 6.07) is 31.5. The Kier molecular flexibility index (Phi) is 5.08. The molecular weight excluding hydrogens is 416 g/mol. The van der Waals surface area contributed by atoms with Crippen molar-refractivity contribution in [2.24, 2.45) is 0 Å². The third-order valence-electron chi connectivity index (χ3n) is 6.47. The number of likely N-dealkylation sites (N-methyl/N-ethyl adjacent to an activating group) is 1. The van der Waals surface area contributed by atoms with Crippen molar-refractivity contribution in [3.63, 3.8) is 0 Å². The maximum absolute atomic E-state index is 5.32. The van der Waals surface area contributed by atoms with Gasteiger partial charge >= 0.3 is 0 Å². The van der Waals surface area contributed by atoms with Crippen LogP contribution in [0.5, 0.6) is 0 Å². The molecule has 1 aliphatic rings. The van der Waals surface area contributed by atoms with Gasteiger partial charge in [-0.15, -0.1) is 0 Å². The Morgan fingerprint density at radius 1 is 0.794 bits per heavy atom. The molecule has 0 bridgehead atoms. The fourth-order valence-electron chi connectivity index (χ4n) is 5.00. The summed E-state index contributed by atoms with van der Waals surface area (Å²) in [5.74, 6) is 0. The summed E-state index contributed by atoms with van der Waals surface area (Å²) < 4.78 is 2.00. The molecule has 0 fully saturated rings. The summed E-state index contributed by atoms with van der Waals surface area (Å²) in [4.78, 5) is 7.69. The first kappa shape index (κ1) is 20.6. The number of para-hydroxylation sites is 1. The molecule has 34 heavy (non-hydrogen) atoms. The van der Waals surface area contributed by atoms with Crippen molar-refractivity contribution in [1.29, 1.82) is 0 Å². The van der Waals surface area contributed by atoms with Crippen LogP contribution >= 0.6 is 0 Å². The third kappa shape index (κ3) is 3.53. The van der Waals surface area contributed by atoms with Crippen LogP contribution in [0.15, 0.2) is 91.0 Å². The van der Waals surface area contributed by atoms with Crippen molar-refractivity contribution < 1.29 is 0 Å². The maximum atomic E-state index is 5.32. The smallest absolute Gasteiger partial charge is 0.164 e. The molecule has 0 saturated heterocycles. The lowest BCUT2D eigenvalue weighted by molar-refractivity contribution is 0.359. The minimum atomic E-state index is 0.852. The molecule has 0 spiro atoms. The number of aromatic nitrogens is 3. The van der Waals surface area contributed by atoms with Gasteiger partial charge in [0.15, 0.2) is 5.65 Å². The van der Waals surface area contributed by atoms with Crippen LogP contribution in [0.4, 0.5) is 0 Å². The molecular formula is C30H26N4. The van der Waals surface area contributed by atoms with Gasteiger partial charge in [0.2, 0.25) is 0 Å². The van der Waals surface area contributed by atoms with E-state index >= 15 is 0 Å². The Morgan fingerprint density at radius 3 is 2.15 bits per heavy atom. The van der Waals surface area contributed by atoms with Gasteiger partial charge in [0.25, 0.3) is 0 Å². The second kappa shape index (κ2) is 8.40. The van der Waals surface area contributed by atoms with Crippen LogP contribution in [0.3, 0.4) is 0 Å². The van der Waals surface area contributed by atoms with Gasteiger partial charge in [-0.25, -0.2) is 9.67 Å². The number of rotatable bonds is 3. The van der Waals surface area contributed by atoms with Gasteiger partial charge in [-0.3, -0.25) is 4.90 Å². The topological polar surface area (TPSA) is 34.0 Å². The van der Waals surface area contributed by atoms with Crippen molar-refractivity contribution in [3.8, 4) is 16.8 Å². The predicted octanol–water partition coefficient (Wildman–Crippen LogP) is 6.38. The molecule has 3 aromatic carbocycles. The van der Waals surface area contributed by atoms with Crippen molar-refractivity contribution in [1.82, 2.24) is 19.7 Å². The van der Waals surface area contributed by atoms with Gasteiger partial charge in [0.1, 0.15) is 0 Å². The first-order chi connectivity index (χ1) is 16.7. The molecule has 1 aliphatic heterocycles. The monoisotopic (exact) mass is 442 g/mol. The number of hydrogen-bond acceptors (Lipinski definition) is 3. The van der Waals surface area contributed by atoms with Crippen molar-refractivity contribution in [3.05, 3.63) is 114 Å². The molecule has 2 aromatic heterocycles. The summed E-state index contributed by atoms with van der Waals surface area (Å²) >= 11 is 0. The second-order valence-corrected chi connectivity index (χ2v) is 8.96. The van der Waals surface area contributed by atoms with E-state index in [9.17, 15) is 0 Å². The molecule has 6 rings (SSSR count). The second-order valence-electron chi connectivity index (χ2n) is 8.96. The first-order valence-electron chi connectivity index (χ1n) is 11.7. The van der Waals surface area contributed by atoms with E-state index in [-0.39, 0.29) is 0 Å². The molecule has 0 radical (unpaired) electrons. The molecule has 0 saturated carbocycles. The number of hydrogen-bond donors (Lipinski definition) is 0. The normalized spacial score (nSPS) is 15.1. The van der Waals surface area contributed by atoms with Crippen molar-refractivity contribution in [2.45, 2.75) is 13.5 Å². The molecule has 4 nitrogen and oxygen atoms in total. The largest absolute Gasteiger partial charge is 0.298 e. The zero-order valence-electron chi connectivity index (χ0n) is 19.4. The number of pyridine rings is 1. The zero-order valence-corrected chi connectivity index (χ0v) is 19.4. The average Bonchev–Trinajstić information content (AvgIpc) is 3.20. The van der Waals surface area contributed by atoms with Crippen molar-refractivity contribution >= 4 is 22.7 Å². The van der Waals surface area contributed by atoms with Gasteiger partial charge in [0.05, 0.1) is 22.5 Å². The molecule has 166 valence electrons. The van der Waals surface area contributed by atoms with E-state index in [4.69, 9.17) is 10.1 Å². The van der Waals surface area contributed by atoms with Crippen LogP contribution in [0.1, 0.15) is 22.5 Å². The standard InChI is InChI=1S/C30H26N4/c1-21-27-28(23-14-8-4-9-15-23)26-20-33(2)19-24(18-22-12-6-3-7-13-22)29(26)31-30(27)34(32-21)25-16-10-5-11-17-25/h3-18H,19-20H2,1-2H3/b24-18-. The van der Waals surface area contributed by atoms with E-state index in [1.165, 1.54) is 27.8 Å². The lowest BCUT2D eigenvalue weighted by Crippen LogP contribution is -2.27. The summed E-state index contributed by atoms with van der Waals surface area (Å²) in [6.07, 6.45) is 2.28. The number of aryl methyl sites for hydroxylation is 1. The highest BCUT2D eigenvalue weighted by atomic mass is 15.3. The molecule has 0 N–H and O–H groups in total. The highest BCUT2D eigenvalue weighted by Gasteiger charge is 2.28. The van der Waals surface area contributed by atoms with E-state index < -0.39 is 0 Å². The quantitative estimate of drug-likeness (QED) is 0.325. The Labute approximate surface area is 199 Å². The zero-order chi connectivity index (χ0) is 23.1. The van der Waals surface area contributed by atoms with E-state index in [0.29, 0.717) is 0 Å². The fraction of sp³-hybridized carbons (Fsp3) is 0.133. The Morgan fingerprint density at radius 2 is 1.44 bits per heavy atom. The van der Waals surface area contributed by atoms with Crippen LogP contribution in [0, 0.1) is 6.92 Å². The number of fused-ring (bicyclic) bond motifs is 2. The summed E-state index contributed by atoms with van der Waals surface area (Å²) in [5, 5.41) is 6.09. The third-order valence-corrected chi connectivity index (χ3v) is 6.47. The summed E-state index contributed by atoms with van der Waals surface area (Å²) in [7, 11) is 2.18. The average molecular weight is 443 g/mol. The van der Waals surface area contributed by atoms with Crippen LogP contribution in [-0.4, -0.2) is 33.3 Å². The predicted molar refractivity (Wildman–Crippen MR) is 140 cm³/mol. The highest BCUT2D eigenvalue weighted by molar-refractivity contribution is 6.00. The molecule has 0 unspecified atom stereocenters. The SMILES string of the molecule is Cc1nn(-c2ccccc2)c2nc3c(c(-c4ccccc4)c12)CN(C)C/C3=C/c1ccccc1. The van der Waals surface area contributed by atoms with Gasteiger partial charge < -0.3 is 0 Å². The molecule has 0 amide bonds. The minimum Gasteiger partial charge on any atom is -0.298 e. The van der Waals surface area contributed by atoms with Crippen LogP contribution in [-0.2, 0) is 6.54 Å². The van der Waals surface area contributed by atoms with E-state index in [1.807, 2.05) is 22.9 Å². The molecule has 0 aliphatic carbocycles. The number of benzene rings is 3. The lowest BCUT2D eigenvalue weighted by Gasteiger charge is -2.29. The van der Waals surface area contributed by atoms with Crippen LogP contribution in [0.25, 0.3) is 39.5 Å². The van der Waals surface area contributed by atoms with E-state index in [2.05, 4.69) is 97.7 Å². The molecule has 4 heteroatoms. The minimum absolute atomic E-state index is 0.852. The van der Waals surface area contributed by atoms with Gasteiger partial charge in [-0.1, -0.05) is 78.9 Å². The summed E-state index contributed by atoms with van der Waals surface area (Å²) in [5.41, 5.74) is 10.1. The first-order valence-corrected chi connectivity index (χ1v) is 11.7. The van der Waals surface area contributed by atoms with Gasteiger partial charge in [0, 0.05) is 24.2 Å². The van der Waals surface area contributed by atoms with E-state index in [0.717, 1.165) is 41.2 Å². The Balaban J connectivity index is 1.70. The molecule has 5 aromatic rings. The molecule has 3 heterocycles.